The van der Waals surface area contributed by atoms with Crippen LogP contribution in [-0.4, -0.2) is 26.3 Å². The van der Waals surface area contributed by atoms with E-state index in [-0.39, 0.29) is 5.78 Å². The van der Waals surface area contributed by atoms with E-state index >= 15 is 0 Å². The van der Waals surface area contributed by atoms with Gasteiger partial charge in [-0.1, -0.05) is 47.1 Å². The predicted molar refractivity (Wildman–Crippen MR) is 103 cm³/mol. The second-order valence-electron chi connectivity index (χ2n) is 5.79. The zero-order chi connectivity index (χ0) is 17.8. The fourth-order valence-corrected chi connectivity index (χ4v) is 3.56. The Morgan fingerprint density at radius 3 is 2.60 bits per heavy atom. The summed E-state index contributed by atoms with van der Waals surface area (Å²) in [7, 11) is 0. The molecule has 0 aliphatic rings. The molecule has 25 heavy (non-hydrogen) atoms. The number of hydrogen-bond donors (Lipinski definition) is 0. The number of aryl methyl sites for hydroxylation is 1. The van der Waals surface area contributed by atoms with Crippen LogP contribution >= 0.6 is 23.4 Å². The van der Waals surface area contributed by atoms with Gasteiger partial charge in [-0.3, -0.25) is 9.36 Å². The molecule has 0 fully saturated rings. The Labute approximate surface area is 156 Å². The molecule has 3 aromatic rings. The fourth-order valence-electron chi connectivity index (χ4n) is 2.44. The number of hydrogen-bond acceptors (Lipinski definition) is 4. The fraction of sp³-hybridized carbons (Fsp3) is 0.211. The lowest BCUT2D eigenvalue weighted by Gasteiger charge is -2.10. The van der Waals surface area contributed by atoms with E-state index in [1.807, 2.05) is 41.0 Å². The summed E-state index contributed by atoms with van der Waals surface area (Å²) in [5, 5.41) is 10.2. The number of halogens is 1. The first-order valence-corrected chi connectivity index (χ1v) is 9.31. The summed E-state index contributed by atoms with van der Waals surface area (Å²) in [6.07, 6.45) is 0.512. The molecule has 0 aliphatic carbocycles. The Morgan fingerprint density at radius 1 is 1.16 bits per heavy atom. The molecule has 0 spiro atoms. The maximum Gasteiger partial charge on any atom is 0.196 e. The van der Waals surface area contributed by atoms with Crippen molar-refractivity contribution in [2.75, 3.05) is 5.75 Å². The van der Waals surface area contributed by atoms with E-state index in [0.717, 1.165) is 27.8 Å². The van der Waals surface area contributed by atoms with Crippen molar-refractivity contribution in [2.24, 2.45) is 0 Å². The molecule has 0 saturated heterocycles. The Kier molecular flexibility index (Phi) is 5.56. The number of benzene rings is 2. The van der Waals surface area contributed by atoms with Gasteiger partial charge in [0.15, 0.2) is 11.0 Å². The molecule has 4 nitrogen and oxygen atoms in total. The maximum absolute atomic E-state index is 11.2. The second kappa shape index (κ2) is 7.85. The summed E-state index contributed by atoms with van der Waals surface area (Å²) in [5.41, 5.74) is 3.10. The summed E-state index contributed by atoms with van der Waals surface area (Å²) in [6.45, 7) is 3.65. The molecule has 0 unspecified atom stereocenters. The highest BCUT2D eigenvalue weighted by atomic mass is 35.5. The molecule has 1 heterocycles. The number of carbonyl (C=O) groups excluding carboxylic acids is 1. The lowest BCUT2D eigenvalue weighted by Crippen LogP contribution is -2.01. The molecule has 0 saturated carbocycles. The summed E-state index contributed by atoms with van der Waals surface area (Å²) in [6, 6.07) is 15.7. The Balaban J connectivity index is 2.04. The number of Topliss-reactive ketones (excluding diaryl/α,β-unsaturated/α-hetero) is 1. The molecule has 0 N–H and O–H groups in total. The molecule has 1 aromatic heterocycles. The molecule has 0 aliphatic heterocycles. The van der Waals surface area contributed by atoms with Crippen LogP contribution < -0.4 is 0 Å². The molecule has 0 amide bonds. The second-order valence-corrected chi connectivity index (χ2v) is 7.29. The van der Waals surface area contributed by atoms with E-state index in [2.05, 4.69) is 29.3 Å². The minimum absolute atomic E-state index is 0.170. The van der Waals surface area contributed by atoms with Gasteiger partial charge in [-0.05, 0) is 44.2 Å². The molecule has 3 rings (SSSR count). The smallest absolute Gasteiger partial charge is 0.196 e. The van der Waals surface area contributed by atoms with E-state index in [9.17, 15) is 4.79 Å². The topological polar surface area (TPSA) is 47.8 Å². The average molecular weight is 372 g/mol. The zero-order valence-electron chi connectivity index (χ0n) is 14.1. The lowest BCUT2D eigenvalue weighted by molar-refractivity contribution is -0.116. The van der Waals surface area contributed by atoms with E-state index in [4.69, 9.17) is 11.6 Å². The van der Waals surface area contributed by atoms with Crippen molar-refractivity contribution < 1.29 is 4.79 Å². The van der Waals surface area contributed by atoms with Crippen molar-refractivity contribution in [3.8, 4) is 17.1 Å². The standard InChI is InChI=1S/C19H18ClN3OS/c1-13-4-3-5-15(12-13)18-21-22-19(25-11-10-14(2)24)23(18)17-8-6-16(20)7-9-17/h3-9,12H,10-11H2,1-2H3. The van der Waals surface area contributed by atoms with Crippen molar-refractivity contribution in [3.05, 3.63) is 59.1 Å². The van der Waals surface area contributed by atoms with Gasteiger partial charge in [-0.25, -0.2) is 0 Å². The highest BCUT2D eigenvalue weighted by molar-refractivity contribution is 7.99. The quantitative estimate of drug-likeness (QED) is 0.574. The first-order valence-electron chi connectivity index (χ1n) is 7.95. The number of thioether (sulfide) groups is 1. The summed E-state index contributed by atoms with van der Waals surface area (Å²) in [5.74, 6) is 1.62. The Bertz CT molecular complexity index is 890. The SMILES string of the molecule is CC(=O)CCSc1nnc(-c2cccc(C)c2)n1-c1ccc(Cl)cc1. The van der Waals surface area contributed by atoms with Gasteiger partial charge < -0.3 is 0 Å². The summed E-state index contributed by atoms with van der Waals surface area (Å²) in [4.78, 5) is 11.2. The van der Waals surface area contributed by atoms with Crippen LogP contribution in [0.25, 0.3) is 17.1 Å². The van der Waals surface area contributed by atoms with Crippen LogP contribution in [-0.2, 0) is 4.79 Å². The largest absolute Gasteiger partial charge is 0.300 e. The van der Waals surface area contributed by atoms with Crippen LogP contribution in [0.2, 0.25) is 5.02 Å². The first kappa shape index (κ1) is 17.7. The van der Waals surface area contributed by atoms with E-state index in [1.54, 1.807) is 6.92 Å². The highest BCUT2D eigenvalue weighted by Crippen LogP contribution is 2.29. The molecular formula is C19H18ClN3OS. The van der Waals surface area contributed by atoms with Crippen LogP contribution in [0, 0.1) is 6.92 Å². The third-order valence-electron chi connectivity index (χ3n) is 3.68. The number of rotatable bonds is 6. The van der Waals surface area contributed by atoms with Crippen LogP contribution in [0.4, 0.5) is 0 Å². The van der Waals surface area contributed by atoms with Gasteiger partial charge in [-0.2, -0.15) is 0 Å². The molecule has 2 aromatic carbocycles. The third-order valence-corrected chi connectivity index (χ3v) is 4.86. The third kappa shape index (κ3) is 4.30. The van der Waals surface area contributed by atoms with E-state index in [0.29, 0.717) is 17.2 Å². The molecule has 128 valence electrons. The number of ketones is 1. The first-order chi connectivity index (χ1) is 12.0. The van der Waals surface area contributed by atoms with E-state index in [1.165, 1.54) is 11.8 Å². The van der Waals surface area contributed by atoms with Crippen molar-refractivity contribution in [1.82, 2.24) is 14.8 Å². The van der Waals surface area contributed by atoms with Crippen LogP contribution in [0.3, 0.4) is 0 Å². The molecule has 0 bridgehead atoms. The van der Waals surface area contributed by atoms with Crippen LogP contribution in [0.5, 0.6) is 0 Å². The number of carbonyl (C=O) groups is 1. The van der Waals surface area contributed by atoms with Crippen molar-refractivity contribution in [1.29, 1.82) is 0 Å². The monoisotopic (exact) mass is 371 g/mol. The molecular weight excluding hydrogens is 354 g/mol. The van der Waals surface area contributed by atoms with Crippen molar-refractivity contribution >= 4 is 29.1 Å². The van der Waals surface area contributed by atoms with E-state index < -0.39 is 0 Å². The van der Waals surface area contributed by atoms with Crippen LogP contribution in [0.15, 0.2) is 53.7 Å². The normalized spacial score (nSPS) is 10.8. The van der Waals surface area contributed by atoms with Gasteiger partial charge in [0.1, 0.15) is 5.78 Å². The van der Waals surface area contributed by atoms with Gasteiger partial charge in [0.05, 0.1) is 0 Å². The van der Waals surface area contributed by atoms with Crippen molar-refractivity contribution in [3.63, 3.8) is 0 Å². The average Bonchev–Trinajstić information content (AvgIpc) is 2.99. The highest BCUT2D eigenvalue weighted by Gasteiger charge is 2.16. The predicted octanol–water partition coefficient (Wildman–Crippen LogP) is 4.97. The Morgan fingerprint density at radius 2 is 1.92 bits per heavy atom. The van der Waals surface area contributed by atoms with Crippen molar-refractivity contribution in [2.45, 2.75) is 25.4 Å². The minimum Gasteiger partial charge on any atom is -0.300 e. The molecule has 6 heteroatoms. The molecule has 0 atom stereocenters. The number of aromatic nitrogens is 3. The zero-order valence-corrected chi connectivity index (χ0v) is 15.6. The number of nitrogens with zero attached hydrogens (tertiary/aromatic N) is 3. The van der Waals surface area contributed by atoms with Crippen LogP contribution in [0.1, 0.15) is 18.9 Å². The van der Waals surface area contributed by atoms with Gasteiger partial charge >= 0.3 is 0 Å². The van der Waals surface area contributed by atoms with Gasteiger partial charge in [0.2, 0.25) is 0 Å². The Hall–Kier alpha value is -2.11. The lowest BCUT2D eigenvalue weighted by atomic mass is 10.1. The maximum atomic E-state index is 11.2. The van der Waals surface area contributed by atoms with Gasteiger partial charge in [0.25, 0.3) is 0 Å². The minimum atomic E-state index is 0.170. The van der Waals surface area contributed by atoms with Gasteiger partial charge in [0, 0.05) is 28.4 Å². The summed E-state index contributed by atoms with van der Waals surface area (Å²) < 4.78 is 2.01. The molecule has 0 radical (unpaired) electrons. The summed E-state index contributed by atoms with van der Waals surface area (Å²) >= 11 is 7.56. The van der Waals surface area contributed by atoms with Gasteiger partial charge in [-0.15, -0.1) is 10.2 Å².